The molecule has 14 rings (SSSR count). The predicted molar refractivity (Wildman–Crippen MR) is 389 cm³/mol. The zero-order valence-corrected chi connectivity index (χ0v) is 64.0. The zero-order valence-electron chi connectivity index (χ0n) is 56.8. The fourth-order valence-electron chi connectivity index (χ4n) is 19.0. The third-order valence-corrected chi connectivity index (χ3v) is 50.2. The molecule has 0 saturated heterocycles. The summed E-state index contributed by atoms with van der Waals surface area (Å²) in [6.07, 6.45) is 0. The lowest BCUT2D eigenvalue weighted by Crippen LogP contribution is -2.43. The average molecular weight is 1310 g/mol. The normalized spacial score (nSPS) is 17.5. The van der Waals surface area contributed by atoms with Crippen LogP contribution in [0.5, 0.6) is 0 Å². The van der Waals surface area contributed by atoms with Crippen molar-refractivity contribution in [1.29, 1.82) is 0 Å². The number of hydrogen-bond donors (Lipinski definition) is 0. The van der Waals surface area contributed by atoms with Crippen molar-refractivity contribution in [3.63, 3.8) is 0 Å². The summed E-state index contributed by atoms with van der Waals surface area (Å²) in [5.41, 5.74) is 39.1. The molecule has 460 valence electrons. The van der Waals surface area contributed by atoms with Gasteiger partial charge in [-0.25, -0.2) is 0 Å². The van der Waals surface area contributed by atoms with Gasteiger partial charge in [0.1, 0.15) is 54.4 Å². The Bertz CT molecular complexity index is 3710. The van der Waals surface area contributed by atoms with Gasteiger partial charge in [0.15, 0.2) is 0 Å². The van der Waals surface area contributed by atoms with Gasteiger partial charge in [0.2, 0.25) is 0 Å². The summed E-state index contributed by atoms with van der Waals surface area (Å²) in [4.78, 5) is 0. The zero-order chi connectivity index (χ0) is 63.8. The minimum absolute atomic E-state index is 0.391. The van der Waals surface area contributed by atoms with Gasteiger partial charge in [-0.15, -0.1) is 22.2 Å². The molecule has 0 N–H and O–H groups in total. The van der Waals surface area contributed by atoms with E-state index in [2.05, 4.69) is 236 Å². The number of fused-ring (bicyclic) bond motifs is 4. The highest BCUT2D eigenvalue weighted by Crippen LogP contribution is 2.67. The first kappa shape index (κ1) is 64.8. The maximum Gasteiger partial charge on any atom is 0.146 e. The minimum atomic E-state index is -2.36. The first-order chi connectivity index (χ1) is 41.6. The van der Waals surface area contributed by atoms with Crippen molar-refractivity contribution >= 4 is 123 Å². The summed E-state index contributed by atoms with van der Waals surface area (Å²) >= 11 is 5.25. The molecule has 4 aromatic heterocycles. The van der Waals surface area contributed by atoms with Gasteiger partial charge in [-0.2, -0.15) is 35.0 Å². The van der Waals surface area contributed by atoms with Crippen LogP contribution in [-0.4, -0.2) is 67.3 Å². The first-order valence-electron chi connectivity index (χ1n) is 32.9. The Balaban J connectivity index is 1.44. The second kappa shape index (κ2) is 23.7. The van der Waals surface area contributed by atoms with E-state index in [1.165, 1.54) is 69.2 Å². The van der Waals surface area contributed by atoms with Crippen molar-refractivity contribution in [1.82, 2.24) is 35.0 Å². The van der Waals surface area contributed by atoms with Crippen LogP contribution < -0.4 is 0 Å². The van der Waals surface area contributed by atoms with Gasteiger partial charge in [-0.1, -0.05) is 190 Å². The summed E-state index contributed by atoms with van der Waals surface area (Å²) in [6.45, 7) is 58.3. The molecule has 0 amide bonds. The van der Waals surface area contributed by atoms with Crippen LogP contribution in [-0.2, 0) is 0 Å². The predicted octanol–water partition coefficient (Wildman–Crippen LogP) is 20.9. The van der Waals surface area contributed by atoms with Crippen LogP contribution in [0.15, 0.2) is 24.3 Å². The lowest BCUT2D eigenvalue weighted by Gasteiger charge is -2.47. The highest BCUT2D eigenvalue weighted by atomic mass is 32.1. The number of benzene rings is 4. The van der Waals surface area contributed by atoms with Crippen LogP contribution in [0, 0.1) is 45.9 Å². The SMILES string of the molecule is CC(C)[Si](C#Cc1c2c(c(C#C[Si](C(C)C)(C(C)C)C(C)C)c3cc4nsnc4cc13)[C@H]1c3nsnc3C2C2c3nsnc3[C@@H]1c1c2c(C#C[Si](C(C)C)(C(C)C)C(C)C)c2cc3nsnc3cc2c1C#C[Si](C(C)C)(C(C)C)C(C)C)(C(C)C)C(C)C. The highest BCUT2D eigenvalue weighted by Gasteiger charge is 2.58. The van der Waals surface area contributed by atoms with Gasteiger partial charge >= 0.3 is 0 Å². The largest absolute Gasteiger partial charge is 0.177 e. The van der Waals surface area contributed by atoms with Crippen LogP contribution >= 0.6 is 46.9 Å². The Morgan fingerprint density at radius 1 is 0.261 bits per heavy atom. The molecule has 8 nitrogen and oxygen atoms in total. The molecule has 6 aliphatic carbocycles. The monoisotopic (exact) mass is 1310 g/mol. The molecule has 4 heterocycles. The van der Waals surface area contributed by atoms with Crippen molar-refractivity contribution in [2.75, 3.05) is 0 Å². The number of rotatable bonds is 12. The smallest absolute Gasteiger partial charge is 0.146 e. The number of nitrogens with zero attached hydrogens (tertiary/aromatic N) is 8. The van der Waals surface area contributed by atoms with Crippen LogP contribution in [0.2, 0.25) is 66.5 Å². The molecule has 0 fully saturated rings. The van der Waals surface area contributed by atoms with Gasteiger partial charge in [-0.05, 0) is 113 Å². The van der Waals surface area contributed by atoms with Crippen molar-refractivity contribution in [3.8, 4) is 45.9 Å². The van der Waals surface area contributed by atoms with Crippen LogP contribution in [0.4, 0.5) is 0 Å². The highest BCUT2D eigenvalue weighted by molar-refractivity contribution is 7.00. The summed E-state index contributed by atoms with van der Waals surface area (Å²) in [7, 11) is -9.44. The molecule has 6 aliphatic rings. The Labute approximate surface area is 547 Å². The van der Waals surface area contributed by atoms with Crippen LogP contribution in [0.25, 0.3) is 43.6 Å². The fourth-order valence-corrected chi connectivity index (χ4v) is 42.1. The molecule has 4 atom stereocenters. The second-order valence-corrected chi connectivity index (χ2v) is 54.5. The molecule has 0 aliphatic heterocycles. The van der Waals surface area contributed by atoms with E-state index in [-0.39, 0.29) is 0 Å². The van der Waals surface area contributed by atoms with Crippen LogP contribution in [0.1, 0.15) is 257 Å². The molecule has 16 heteroatoms. The molecule has 88 heavy (non-hydrogen) atoms. The van der Waals surface area contributed by atoms with E-state index in [0.29, 0.717) is 66.5 Å². The maximum absolute atomic E-state index is 5.59. The fraction of sp³-hybridized carbons (Fsp3) is 0.556. The lowest BCUT2D eigenvalue weighted by atomic mass is 9.54. The van der Waals surface area contributed by atoms with E-state index in [9.17, 15) is 0 Å². The molecule has 8 aromatic rings. The van der Waals surface area contributed by atoms with E-state index >= 15 is 0 Å². The standard InChI is InChI=1S/C72H92N8S4Si4/c1-37(2)85(38(3)4,39(5)6)29-25-49-53-33-57-58(74-81-73-57)34-54(53)50(26-30-86(40(7)8,41(9)10)42(11)12)62-61(49)65-67-63-51(27-31-87(43(13)14,44(15)16)45(17)18)55-35-59-60(76-82-75-59)36-56(55)52(28-32-88(46(19)20,47(21)22)48(23)24)64(63)68(72-71(67)79-84-80-72)66(62)70-69(65)77-83-78-70/h33-48,65-68H,1-24H3/t65-,66?,67-,68?/m1/s1. The number of aromatic nitrogens is 8. The second-order valence-electron chi connectivity index (χ2n) is 30.0. The maximum atomic E-state index is 5.59. The minimum Gasteiger partial charge on any atom is -0.177 e. The Hall–Kier alpha value is -4.73. The molecular weight excluding hydrogens is 1220 g/mol. The van der Waals surface area contributed by atoms with Gasteiger partial charge in [0.05, 0.1) is 69.7 Å². The van der Waals surface area contributed by atoms with E-state index in [4.69, 9.17) is 35.0 Å². The van der Waals surface area contributed by atoms with Crippen molar-refractivity contribution < 1.29 is 0 Å². The van der Waals surface area contributed by atoms with E-state index < -0.39 is 56.0 Å². The topological polar surface area (TPSA) is 103 Å². The summed E-state index contributed by atoms with van der Waals surface area (Å²) < 4.78 is 42.4. The molecule has 0 saturated carbocycles. The quantitative estimate of drug-likeness (QED) is 0.0880. The van der Waals surface area contributed by atoms with Gasteiger partial charge in [-0.3, -0.25) is 0 Å². The Morgan fingerprint density at radius 2 is 0.420 bits per heavy atom. The van der Waals surface area contributed by atoms with Gasteiger partial charge in [0.25, 0.3) is 0 Å². The molecule has 0 spiro atoms. The van der Waals surface area contributed by atoms with Crippen molar-refractivity contribution in [2.24, 2.45) is 0 Å². The Kier molecular flexibility index (Phi) is 17.5. The third-order valence-electron chi connectivity index (χ3n) is 22.8. The summed E-state index contributed by atoms with van der Waals surface area (Å²) in [5.74, 6) is 15.6. The summed E-state index contributed by atoms with van der Waals surface area (Å²) in [5, 5.41) is 4.36. The van der Waals surface area contributed by atoms with E-state index in [0.717, 1.165) is 88.6 Å². The molecule has 0 radical (unpaired) electrons. The van der Waals surface area contributed by atoms with Crippen LogP contribution in [0.3, 0.4) is 0 Å². The van der Waals surface area contributed by atoms with E-state index in [1.54, 1.807) is 0 Å². The lowest BCUT2D eigenvalue weighted by molar-refractivity contribution is 0.505. The third kappa shape index (κ3) is 9.46. The van der Waals surface area contributed by atoms with E-state index in [1.807, 2.05) is 0 Å². The van der Waals surface area contributed by atoms with Gasteiger partial charge in [0, 0.05) is 67.5 Å². The molecule has 2 unspecified atom stereocenters. The number of hydrogen-bond acceptors (Lipinski definition) is 12. The molecule has 4 aromatic carbocycles. The van der Waals surface area contributed by atoms with Crippen molar-refractivity contribution in [3.05, 3.63) is 91.5 Å². The first-order valence-corrected chi connectivity index (χ1v) is 44.7. The summed E-state index contributed by atoms with van der Waals surface area (Å²) in [6, 6.07) is 9.25. The Morgan fingerprint density at radius 3 is 0.580 bits per heavy atom. The molecular formula is C72H92N8S4Si4. The van der Waals surface area contributed by atoms with Crippen molar-refractivity contribution in [2.45, 2.75) is 256 Å². The average Bonchev–Trinajstić information content (AvgIpc) is 1.08. The van der Waals surface area contributed by atoms with Gasteiger partial charge < -0.3 is 0 Å². The molecule has 4 bridgehead atoms.